The largest absolute Gasteiger partial charge is 0.399 e. The molecule has 0 atom stereocenters. The minimum absolute atomic E-state index is 0.213. The van der Waals surface area contributed by atoms with E-state index in [1.165, 1.54) is 6.07 Å². The summed E-state index contributed by atoms with van der Waals surface area (Å²) in [7, 11) is 0. The molecule has 0 aliphatic heterocycles. The second-order valence-electron chi connectivity index (χ2n) is 1.59. The highest BCUT2D eigenvalue weighted by molar-refractivity contribution is 5.48. The molecule has 0 amide bonds. The van der Waals surface area contributed by atoms with Crippen LogP contribution in [0.1, 0.15) is 0 Å². The summed E-state index contributed by atoms with van der Waals surface area (Å²) in [5.74, 6) is 0. The molecular weight excluding hydrogens is 100 g/mol. The summed E-state index contributed by atoms with van der Waals surface area (Å²) in [4.78, 5) is 0. The van der Waals surface area contributed by atoms with Gasteiger partial charge in [0.15, 0.2) is 0 Å². The van der Waals surface area contributed by atoms with Gasteiger partial charge >= 0.3 is 0 Å². The van der Waals surface area contributed by atoms with Crippen LogP contribution in [0.25, 0.3) is 0 Å². The molecule has 0 heterocycles. The SMILES string of the molecule is [N]c1cccc(N)c1. The van der Waals surface area contributed by atoms with Crippen molar-refractivity contribution in [3.05, 3.63) is 24.3 Å². The second-order valence-corrected chi connectivity index (χ2v) is 1.59. The van der Waals surface area contributed by atoms with E-state index < -0.39 is 0 Å². The van der Waals surface area contributed by atoms with E-state index in [0.717, 1.165) is 0 Å². The standard InChI is InChI=1S/C6H6N2/c7-5-2-1-3-6(8)4-5/h1-4H,7H2. The summed E-state index contributed by atoms with van der Waals surface area (Å²) in [5, 5.41) is 0. The van der Waals surface area contributed by atoms with Crippen LogP contribution in [0.15, 0.2) is 24.3 Å². The Labute approximate surface area is 48.1 Å². The number of hydrogen-bond donors (Lipinski definition) is 1. The van der Waals surface area contributed by atoms with Gasteiger partial charge in [-0.2, -0.15) is 5.73 Å². The van der Waals surface area contributed by atoms with Crippen LogP contribution in [0.4, 0.5) is 11.4 Å². The number of benzene rings is 1. The lowest BCUT2D eigenvalue weighted by atomic mass is 10.3. The maximum absolute atomic E-state index is 8.73. The van der Waals surface area contributed by atoms with Crippen LogP contribution in [-0.4, -0.2) is 0 Å². The summed E-state index contributed by atoms with van der Waals surface area (Å²) < 4.78 is 0. The summed E-state index contributed by atoms with van der Waals surface area (Å²) in [6, 6.07) is 6.50. The first-order valence-electron chi connectivity index (χ1n) is 2.33. The van der Waals surface area contributed by atoms with E-state index in [1.807, 2.05) is 0 Å². The Balaban J connectivity index is 3.08. The molecule has 0 aliphatic rings. The Morgan fingerprint density at radius 2 is 2.12 bits per heavy atom. The molecule has 1 aromatic carbocycles. The first-order valence-corrected chi connectivity index (χ1v) is 2.33. The third kappa shape index (κ3) is 0.904. The van der Waals surface area contributed by atoms with E-state index in [2.05, 4.69) is 0 Å². The first-order chi connectivity index (χ1) is 3.79. The number of hydrogen-bond acceptors (Lipinski definition) is 1. The lowest BCUT2D eigenvalue weighted by Gasteiger charge is -1.88. The number of nitrogens with two attached hydrogens (primary N) is 1. The maximum Gasteiger partial charge on any atom is 0.0877 e. The van der Waals surface area contributed by atoms with E-state index in [1.54, 1.807) is 18.2 Å². The van der Waals surface area contributed by atoms with Crippen LogP contribution in [-0.2, 0) is 0 Å². The normalized spacial score (nSPS) is 9.00. The molecule has 0 fully saturated rings. The predicted molar refractivity (Wildman–Crippen MR) is 32.6 cm³/mol. The zero-order valence-electron chi connectivity index (χ0n) is 4.33. The van der Waals surface area contributed by atoms with Gasteiger partial charge in [0.2, 0.25) is 0 Å². The molecule has 1 rings (SSSR count). The van der Waals surface area contributed by atoms with Gasteiger partial charge in [-0.3, -0.25) is 0 Å². The topological polar surface area (TPSA) is 48.3 Å². The minimum atomic E-state index is 0.213. The van der Waals surface area contributed by atoms with Crippen molar-refractivity contribution in [2.24, 2.45) is 0 Å². The van der Waals surface area contributed by atoms with Gasteiger partial charge in [0.05, 0.1) is 5.69 Å². The second kappa shape index (κ2) is 1.74. The van der Waals surface area contributed by atoms with Gasteiger partial charge in [0.25, 0.3) is 0 Å². The molecule has 0 saturated carbocycles. The Bertz CT molecular complexity index is 166. The molecule has 0 unspecified atom stereocenters. The van der Waals surface area contributed by atoms with E-state index in [0.29, 0.717) is 5.69 Å². The van der Waals surface area contributed by atoms with Crippen molar-refractivity contribution in [1.82, 2.24) is 5.73 Å². The van der Waals surface area contributed by atoms with Crippen LogP contribution < -0.4 is 11.5 Å². The summed E-state index contributed by atoms with van der Waals surface area (Å²) >= 11 is 0. The van der Waals surface area contributed by atoms with Crippen molar-refractivity contribution in [2.75, 3.05) is 5.73 Å². The highest BCUT2D eigenvalue weighted by Gasteiger charge is 1.84. The molecule has 0 bridgehead atoms. The van der Waals surface area contributed by atoms with Crippen molar-refractivity contribution < 1.29 is 0 Å². The number of anilines is 1. The molecule has 2 radical (unpaired) electrons. The average Bonchev–Trinajstić information content (AvgIpc) is 1.64. The Kier molecular flexibility index (Phi) is 1.08. The predicted octanol–water partition coefficient (Wildman–Crippen LogP) is 0.969. The summed E-state index contributed by atoms with van der Waals surface area (Å²) in [6.45, 7) is 0. The van der Waals surface area contributed by atoms with Crippen LogP contribution in [0.2, 0.25) is 0 Å². The third-order valence-electron chi connectivity index (χ3n) is 0.870. The molecule has 0 aliphatic carbocycles. The number of nitrogen functional groups attached to an aromatic ring is 1. The van der Waals surface area contributed by atoms with Gasteiger partial charge in [-0.1, -0.05) is 6.07 Å². The lowest BCUT2D eigenvalue weighted by molar-refractivity contribution is 1.49. The third-order valence-corrected chi connectivity index (χ3v) is 0.870. The molecule has 40 valence electrons. The monoisotopic (exact) mass is 106 g/mol. The smallest absolute Gasteiger partial charge is 0.0877 e. The maximum atomic E-state index is 8.73. The fourth-order valence-electron chi connectivity index (χ4n) is 0.525. The lowest BCUT2D eigenvalue weighted by Crippen LogP contribution is -1.81. The van der Waals surface area contributed by atoms with Crippen LogP contribution in [0.5, 0.6) is 0 Å². The molecule has 2 nitrogen and oxygen atoms in total. The van der Waals surface area contributed by atoms with Gasteiger partial charge in [-0.25, -0.2) is 0 Å². The molecule has 0 aromatic heterocycles. The first kappa shape index (κ1) is 4.97. The molecule has 1 aromatic rings. The fraction of sp³-hybridized carbons (Fsp3) is 0. The zero-order chi connectivity index (χ0) is 5.98. The zero-order valence-corrected chi connectivity index (χ0v) is 4.33. The van der Waals surface area contributed by atoms with Crippen LogP contribution >= 0.6 is 0 Å². The molecule has 8 heavy (non-hydrogen) atoms. The van der Waals surface area contributed by atoms with Crippen molar-refractivity contribution in [3.63, 3.8) is 0 Å². The van der Waals surface area contributed by atoms with Crippen molar-refractivity contribution >= 4 is 11.4 Å². The van der Waals surface area contributed by atoms with Gasteiger partial charge in [-0.05, 0) is 18.2 Å². The van der Waals surface area contributed by atoms with Crippen molar-refractivity contribution in [1.29, 1.82) is 0 Å². The van der Waals surface area contributed by atoms with Crippen molar-refractivity contribution in [3.8, 4) is 0 Å². The number of nitrogens with zero attached hydrogens (tertiary/aromatic N) is 1. The van der Waals surface area contributed by atoms with E-state index in [4.69, 9.17) is 11.5 Å². The van der Waals surface area contributed by atoms with Crippen molar-refractivity contribution in [2.45, 2.75) is 0 Å². The molecule has 0 spiro atoms. The van der Waals surface area contributed by atoms with Gasteiger partial charge in [0, 0.05) is 5.69 Å². The highest BCUT2D eigenvalue weighted by Crippen LogP contribution is 2.07. The average molecular weight is 106 g/mol. The van der Waals surface area contributed by atoms with Crippen LogP contribution in [0.3, 0.4) is 0 Å². The quantitative estimate of drug-likeness (QED) is 0.492. The fourth-order valence-corrected chi connectivity index (χ4v) is 0.525. The molecule has 0 saturated heterocycles. The Morgan fingerprint density at radius 1 is 1.38 bits per heavy atom. The summed E-state index contributed by atoms with van der Waals surface area (Å²) in [6.07, 6.45) is 0. The molecular formula is C6H6N2. The van der Waals surface area contributed by atoms with Gasteiger partial charge in [0.1, 0.15) is 0 Å². The Morgan fingerprint density at radius 3 is 2.50 bits per heavy atom. The van der Waals surface area contributed by atoms with Gasteiger partial charge in [-0.15, -0.1) is 0 Å². The van der Waals surface area contributed by atoms with Gasteiger partial charge < -0.3 is 5.73 Å². The minimum Gasteiger partial charge on any atom is -0.399 e. The van der Waals surface area contributed by atoms with E-state index in [-0.39, 0.29) is 5.69 Å². The number of rotatable bonds is 0. The Hall–Kier alpha value is -1.18. The summed E-state index contributed by atoms with van der Waals surface area (Å²) in [5.41, 5.74) is 14.8. The van der Waals surface area contributed by atoms with Crippen LogP contribution in [0, 0.1) is 0 Å². The van der Waals surface area contributed by atoms with E-state index >= 15 is 0 Å². The molecule has 2 N–H and O–H groups in total. The molecule has 2 heteroatoms. The highest BCUT2D eigenvalue weighted by atomic mass is 14.6. The van der Waals surface area contributed by atoms with E-state index in [9.17, 15) is 0 Å².